The van der Waals surface area contributed by atoms with Crippen molar-refractivity contribution < 1.29 is 14.3 Å². The molecule has 8 nitrogen and oxygen atoms in total. The number of ether oxygens (including phenoxy) is 2. The number of nitrogens with one attached hydrogen (secondary N) is 1. The largest absolute Gasteiger partial charge is 0.454 e. The maximum atomic E-state index is 12.6. The Bertz CT molecular complexity index is 967. The number of aromatic nitrogens is 4. The van der Waals surface area contributed by atoms with Crippen molar-refractivity contribution in [2.45, 2.75) is 19.9 Å². The number of carbonyl (C=O) groups is 1. The molecule has 0 saturated carbocycles. The predicted octanol–water partition coefficient (Wildman–Crippen LogP) is 2.90. The number of fused-ring (bicyclic) bond motifs is 1. The van der Waals surface area contributed by atoms with E-state index in [4.69, 9.17) is 9.47 Å². The summed E-state index contributed by atoms with van der Waals surface area (Å²) in [6, 6.07) is 12.6. The van der Waals surface area contributed by atoms with Crippen LogP contribution in [0.1, 0.15) is 30.2 Å². The molecule has 3 aromatic rings. The lowest BCUT2D eigenvalue weighted by Gasteiger charge is -2.09. The van der Waals surface area contributed by atoms with Gasteiger partial charge in [0, 0.05) is 22.9 Å². The van der Waals surface area contributed by atoms with E-state index in [-0.39, 0.29) is 18.7 Å². The second-order valence-electron chi connectivity index (χ2n) is 6.14. The first kappa shape index (κ1) is 16.1. The van der Waals surface area contributed by atoms with Crippen LogP contribution in [-0.2, 0) is 0 Å². The zero-order chi connectivity index (χ0) is 18.1. The summed E-state index contributed by atoms with van der Waals surface area (Å²) in [5, 5.41) is 14.7. The lowest BCUT2D eigenvalue weighted by molar-refractivity contribution is 0.102. The molecule has 1 aliphatic heterocycles. The van der Waals surface area contributed by atoms with Crippen LogP contribution in [0.2, 0.25) is 0 Å². The molecule has 0 unspecified atom stereocenters. The highest BCUT2D eigenvalue weighted by Crippen LogP contribution is 2.34. The molecule has 0 fully saturated rings. The molecule has 0 bridgehead atoms. The topological polar surface area (TPSA) is 91.2 Å². The molecular formula is C18H17N5O3. The molecule has 1 aromatic heterocycles. The van der Waals surface area contributed by atoms with Crippen molar-refractivity contribution in [2.24, 2.45) is 0 Å². The van der Waals surface area contributed by atoms with Gasteiger partial charge in [0.15, 0.2) is 17.3 Å². The minimum Gasteiger partial charge on any atom is -0.454 e. The number of anilines is 1. The third kappa shape index (κ3) is 2.97. The fourth-order valence-corrected chi connectivity index (χ4v) is 2.71. The monoisotopic (exact) mass is 351 g/mol. The second kappa shape index (κ2) is 6.47. The van der Waals surface area contributed by atoms with Crippen LogP contribution in [0, 0.1) is 0 Å². The minimum atomic E-state index is -0.228. The summed E-state index contributed by atoms with van der Waals surface area (Å²) >= 11 is 0. The van der Waals surface area contributed by atoms with Crippen molar-refractivity contribution in [3.8, 4) is 22.9 Å². The molecule has 0 radical (unpaired) electrons. The van der Waals surface area contributed by atoms with Crippen LogP contribution in [0.3, 0.4) is 0 Å². The van der Waals surface area contributed by atoms with E-state index in [0.29, 0.717) is 28.6 Å². The number of benzene rings is 2. The Kier molecular flexibility index (Phi) is 4.00. The van der Waals surface area contributed by atoms with Crippen molar-refractivity contribution >= 4 is 11.6 Å². The van der Waals surface area contributed by atoms with Gasteiger partial charge in [-0.15, -0.1) is 5.10 Å². The molecule has 2 aromatic carbocycles. The molecule has 1 amide bonds. The van der Waals surface area contributed by atoms with E-state index in [9.17, 15) is 4.79 Å². The fourth-order valence-electron chi connectivity index (χ4n) is 2.71. The Balaban J connectivity index is 1.58. The highest BCUT2D eigenvalue weighted by atomic mass is 16.7. The molecule has 4 rings (SSSR count). The van der Waals surface area contributed by atoms with Crippen LogP contribution in [0.15, 0.2) is 42.5 Å². The van der Waals surface area contributed by atoms with Gasteiger partial charge < -0.3 is 14.8 Å². The van der Waals surface area contributed by atoms with Crippen LogP contribution in [0.5, 0.6) is 11.5 Å². The Labute approximate surface area is 149 Å². The van der Waals surface area contributed by atoms with E-state index in [1.54, 1.807) is 35.0 Å². The van der Waals surface area contributed by atoms with Gasteiger partial charge in [0.25, 0.3) is 5.91 Å². The summed E-state index contributed by atoms with van der Waals surface area (Å²) in [5.74, 6) is 1.69. The number of rotatable bonds is 4. The van der Waals surface area contributed by atoms with Gasteiger partial charge in [0.1, 0.15) is 0 Å². The Hall–Kier alpha value is -3.42. The lowest BCUT2D eigenvalue weighted by Crippen LogP contribution is -2.12. The minimum absolute atomic E-state index is 0.117. The van der Waals surface area contributed by atoms with Gasteiger partial charge in [-0.1, -0.05) is 12.1 Å². The maximum absolute atomic E-state index is 12.6. The van der Waals surface area contributed by atoms with E-state index < -0.39 is 0 Å². The molecule has 0 saturated heterocycles. The standard InChI is InChI=1S/C18H17N5O3/c1-11(2)23-17(20-21-22-23)12-4-3-5-13(8-12)18(24)19-14-6-7-15-16(9-14)26-10-25-15/h3-9,11H,10H2,1-2H3,(H,19,24). The molecule has 26 heavy (non-hydrogen) atoms. The van der Waals surface area contributed by atoms with Crippen molar-refractivity contribution in [2.75, 3.05) is 12.1 Å². The molecule has 1 aliphatic rings. The highest BCUT2D eigenvalue weighted by Gasteiger charge is 2.16. The van der Waals surface area contributed by atoms with E-state index in [1.807, 2.05) is 26.0 Å². The third-order valence-electron chi connectivity index (χ3n) is 4.00. The number of hydrogen-bond donors (Lipinski definition) is 1. The van der Waals surface area contributed by atoms with Gasteiger partial charge in [-0.3, -0.25) is 4.79 Å². The summed E-state index contributed by atoms with van der Waals surface area (Å²) in [5.41, 5.74) is 1.93. The van der Waals surface area contributed by atoms with E-state index in [1.165, 1.54) is 0 Å². The number of carbonyl (C=O) groups excluding carboxylic acids is 1. The quantitative estimate of drug-likeness (QED) is 0.777. The summed E-state index contributed by atoms with van der Waals surface area (Å²) in [4.78, 5) is 12.6. The summed E-state index contributed by atoms with van der Waals surface area (Å²) < 4.78 is 12.3. The van der Waals surface area contributed by atoms with E-state index in [2.05, 4.69) is 20.8 Å². The molecule has 0 atom stereocenters. The normalized spacial score (nSPS) is 12.4. The molecule has 1 N–H and O–H groups in total. The number of nitrogens with zero attached hydrogens (tertiary/aromatic N) is 4. The molecule has 2 heterocycles. The Morgan fingerprint density at radius 2 is 2.00 bits per heavy atom. The SMILES string of the molecule is CC(C)n1nnnc1-c1cccc(C(=O)Nc2ccc3c(c2)OCO3)c1. The van der Waals surface area contributed by atoms with E-state index >= 15 is 0 Å². The van der Waals surface area contributed by atoms with Gasteiger partial charge in [-0.2, -0.15) is 0 Å². The molecule has 0 spiro atoms. The molecule has 0 aliphatic carbocycles. The third-order valence-corrected chi connectivity index (χ3v) is 4.00. The average molecular weight is 351 g/mol. The van der Waals surface area contributed by atoms with Gasteiger partial charge in [0.05, 0.1) is 6.04 Å². The number of tetrazole rings is 1. The zero-order valence-corrected chi connectivity index (χ0v) is 14.3. The fraction of sp³-hybridized carbons (Fsp3) is 0.222. The Morgan fingerprint density at radius 3 is 2.85 bits per heavy atom. The Morgan fingerprint density at radius 1 is 1.15 bits per heavy atom. The van der Waals surface area contributed by atoms with Gasteiger partial charge in [0.2, 0.25) is 6.79 Å². The highest BCUT2D eigenvalue weighted by molar-refractivity contribution is 6.05. The average Bonchev–Trinajstić information content (AvgIpc) is 3.30. The number of amides is 1. The zero-order valence-electron chi connectivity index (χ0n) is 14.3. The first-order valence-electron chi connectivity index (χ1n) is 8.21. The second-order valence-corrected chi connectivity index (χ2v) is 6.14. The van der Waals surface area contributed by atoms with Gasteiger partial charge in [-0.05, 0) is 48.5 Å². The first-order chi connectivity index (χ1) is 12.6. The summed E-state index contributed by atoms with van der Waals surface area (Å²) in [6.07, 6.45) is 0. The van der Waals surface area contributed by atoms with Gasteiger partial charge in [-0.25, -0.2) is 4.68 Å². The summed E-state index contributed by atoms with van der Waals surface area (Å²) in [7, 11) is 0. The predicted molar refractivity (Wildman–Crippen MR) is 94.2 cm³/mol. The molecular weight excluding hydrogens is 334 g/mol. The van der Waals surface area contributed by atoms with Crippen molar-refractivity contribution in [1.29, 1.82) is 0 Å². The van der Waals surface area contributed by atoms with Crippen molar-refractivity contribution in [3.63, 3.8) is 0 Å². The van der Waals surface area contributed by atoms with Crippen LogP contribution >= 0.6 is 0 Å². The van der Waals surface area contributed by atoms with E-state index in [0.717, 1.165) is 5.56 Å². The number of hydrogen-bond acceptors (Lipinski definition) is 6. The van der Waals surface area contributed by atoms with Crippen molar-refractivity contribution in [1.82, 2.24) is 20.2 Å². The lowest BCUT2D eigenvalue weighted by atomic mass is 10.1. The smallest absolute Gasteiger partial charge is 0.255 e. The van der Waals surface area contributed by atoms with Crippen LogP contribution in [0.25, 0.3) is 11.4 Å². The van der Waals surface area contributed by atoms with Crippen LogP contribution < -0.4 is 14.8 Å². The van der Waals surface area contributed by atoms with Crippen LogP contribution in [-0.4, -0.2) is 32.9 Å². The van der Waals surface area contributed by atoms with Gasteiger partial charge >= 0.3 is 0 Å². The van der Waals surface area contributed by atoms with Crippen molar-refractivity contribution in [3.05, 3.63) is 48.0 Å². The molecule has 132 valence electrons. The first-order valence-corrected chi connectivity index (χ1v) is 8.21. The van der Waals surface area contributed by atoms with Crippen LogP contribution in [0.4, 0.5) is 5.69 Å². The summed E-state index contributed by atoms with van der Waals surface area (Å²) in [6.45, 7) is 4.19. The molecule has 8 heteroatoms. The maximum Gasteiger partial charge on any atom is 0.255 e.